The highest BCUT2D eigenvalue weighted by Crippen LogP contribution is 2.37. The van der Waals surface area contributed by atoms with Gasteiger partial charge in [-0.3, -0.25) is 0 Å². The number of hydrogen-bond acceptors (Lipinski definition) is 3. The van der Waals surface area contributed by atoms with Gasteiger partial charge < -0.3 is 10.1 Å². The maximum absolute atomic E-state index is 13.6. The summed E-state index contributed by atoms with van der Waals surface area (Å²) in [5, 5.41) is 18.8. The van der Waals surface area contributed by atoms with Crippen molar-refractivity contribution in [2.75, 3.05) is 0 Å². The first-order chi connectivity index (χ1) is 9.65. The van der Waals surface area contributed by atoms with Crippen molar-refractivity contribution in [1.82, 2.24) is 4.98 Å². The number of hydrogen-bond donors (Lipinski definition) is 2. The summed E-state index contributed by atoms with van der Waals surface area (Å²) in [7, 11) is 0. The number of aromatic nitrogens is 1. The number of aromatic hydroxyl groups is 1. The van der Waals surface area contributed by atoms with E-state index in [4.69, 9.17) is 11.6 Å². The largest absolute Gasteiger partial charge is 0.493 e. The molecule has 2 N–H and O–H groups in total. The fourth-order valence-corrected chi connectivity index (χ4v) is 2.00. The fourth-order valence-electron chi connectivity index (χ4n) is 1.87. The van der Waals surface area contributed by atoms with Crippen molar-refractivity contribution in [3.05, 3.63) is 53.3 Å². The van der Waals surface area contributed by atoms with Crippen LogP contribution in [0.3, 0.4) is 0 Å². The van der Waals surface area contributed by atoms with Gasteiger partial charge in [-0.1, -0.05) is 23.7 Å². The lowest BCUT2D eigenvalue weighted by Gasteiger charge is -1.94. The Labute approximate surface area is 118 Å². The van der Waals surface area contributed by atoms with Gasteiger partial charge in [0.2, 0.25) is 5.88 Å². The molecule has 1 heterocycles. The van der Waals surface area contributed by atoms with Gasteiger partial charge in [-0.15, -0.1) is 5.11 Å². The van der Waals surface area contributed by atoms with Crippen LogP contribution in [0.4, 0.5) is 15.8 Å². The number of azo groups is 1. The van der Waals surface area contributed by atoms with Crippen molar-refractivity contribution in [2.45, 2.75) is 0 Å². The average Bonchev–Trinajstić information content (AvgIpc) is 2.76. The van der Waals surface area contributed by atoms with Crippen molar-refractivity contribution < 1.29 is 9.50 Å². The van der Waals surface area contributed by atoms with Crippen LogP contribution >= 0.6 is 11.6 Å². The molecule has 2 aromatic carbocycles. The zero-order valence-electron chi connectivity index (χ0n) is 10.1. The third kappa shape index (κ3) is 2.23. The second kappa shape index (κ2) is 4.94. The number of rotatable bonds is 2. The van der Waals surface area contributed by atoms with E-state index in [1.165, 1.54) is 6.07 Å². The van der Waals surface area contributed by atoms with E-state index >= 15 is 0 Å². The average molecular weight is 290 g/mol. The number of para-hydroxylation sites is 1. The topological polar surface area (TPSA) is 60.7 Å². The highest BCUT2D eigenvalue weighted by molar-refractivity contribution is 6.30. The molecule has 0 bridgehead atoms. The molecule has 0 radical (unpaired) electrons. The minimum absolute atomic E-state index is 0.203. The normalized spacial score (nSPS) is 11.5. The third-order valence-electron chi connectivity index (χ3n) is 2.83. The van der Waals surface area contributed by atoms with Gasteiger partial charge in [0, 0.05) is 10.4 Å². The summed E-state index contributed by atoms with van der Waals surface area (Å²) in [4.78, 5) is 2.55. The van der Waals surface area contributed by atoms with Gasteiger partial charge >= 0.3 is 0 Å². The Hall–Kier alpha value is -2.40. The molecule has 100 valence electrons. The number of benzene rings is 2. The minimum Gasteiger partial charge on any atom is -0.493 e. The number of H-pyrrole nitrogens is 1. The van der Waals surface area contributed by atoms with Crippen LogP contribution in [0.2, 0.25) is 5.02 Å². The smallest absolute Gasteiger partial charge is 0.218 e. The summed E-state index contributed by atoms with van der Waals surface area (Å²) in [6.45, 7) is 0. The first kappa shape index (κ1) is 12.6. The lowest BCUT2D eigenvalue weighted by atomic mass is 10.2. The summed E-state index contributed by atoms with van der Waals surface area (Å²) in [5.74, 6) is -0.673. The van der Waals surface area contributed by atoms with Crippen molar-refractivity contribution in [1.29, 1.82) is 0 Å². The first-order valence-electron chi connectivity index (χ1n) is 5.81. The van der Waals surface area contributed by atoms with E-state index in [9.17, 15) is 9.50 Å². The highest BCUT2D eigenvalue weighted by atomic mass is 35.5. The molecule has 0 unspecified atom stereocenters. The molecule has 6 heteroatoms. The van der Waals surface area contributed by atoms with Gasteiger partial charge in [-0.2, -0.15) is 5.11 Å². The predicted octanol–water partition coefficient (Wildman–Crippen LogP) is 5.08. The molecular weight excluding hydrogens is 281 g/mol. The van der Waals surface area contributed by atoms with Gasteiger partial charge in [-0.05, 0) is 30.3 Å². The Morgan fingerprint density at radius 3 is 2.55 bits per heavy atom. The molecule has 0 saturated carbocycles. The molecule has 20 heavy (non-hydrogen) atoms. The Bertz CT molecular complexity index is 796. The summed E-state index contributed by atoms with van der Waals surface area (Å²) in [5.41, 5.74) is 0.990. The molecule has 0 fully saturated rings. The summed E-state index contributed by atoms with van der Waals surface area (Å²) in [6, 6.07) is 11.3. The van der Waals surface area contributed by atoms with E-state index in [0.29, 0.717) is 16.1 Å². The molecule has 0 aliphatic carbocycles. The van der Waals surface area contributed by atoms with E-state index < -0.39 is 5.82 Å². The number of nitrogens with one attached hydrogen (secondary N) is 1. The Balaban J connectivity index is 2.04. The van der Waals surface area contributed by atoms with E-state index in [-0.39, 0.29) is 17.1 Å². The van der Waals surface area contributed by atoms with Gasteiger partial charge in [0.15, 0.2) is 5.69 Å². The lowest BCUT2D eigenvalue weighted by Crippen LogP contribution is -1.74. The molecule has 0 atom stereocenters. The monoisotopic (exact) mass is 289 g/mol. The SMILES string of the molecule is Oc1[nH]c2c(F)cccc2c1N=Nc1ccc(Cl)cc1. The van der Waals surface area contributed by atoms with Gasteiger partial charge in [-0.25, -0.2) is 4.39 Å². The maximum atomic E-state index is 13.6. The Morgan fingerprint density at radius 2 is 1.80 bits per heavy atom. The van der Waals surface area contributed by atoms with Gasteiger partial charge in [0.05, 0.1) is 11.2 Å². The lowest BCUT2D eigenvalue weighted by molar-refractivity contribution is 0.459. The Kier molecular flexibility index (Phi) is 3.12. The van der Waals surface area contributed by atoms with Crippen molar-refractivity contribution in [3.63, 3.8) is 0 Å². The van der Waals surface area contributed by atoms with Crippen LogP contribution in [-0.2, 0) is 0 Å². The molecule has 0 amide bonds. The molecule has 3 rings (SSSR count). The molecule has 0 aliphatic rings. The predicted molar refractivity (Wildman–Crippen MR) is 75.5 cm³/mol. The van der Waals surface area contributed by atoms with Crippen molar-refractivity contribution in [2.24, 2.45) is 10.2 Å². The molecule has 3 aromatic rings. The molecule has 1 aromatic heterocycles. The van der Waals surface area contributed by atoms with Gasteiger partial charge in [0.25, 0.3) is 0 Å². The van der Waals surface area contributed by atoms with E-state index in [0.717, 1.165) is 0 Å². The summed E-state index contributed by atoms with van der Waals surface area (Å²) < 4.78 is 13.6. The van der Waals surface area contributed by atoms with Crippen LogP contribution in [0, 0.1) is 5.82 Å². The van der Waals surface area contributed by atoms with E-state index in [1.54, 1.807) is 36.4 Å². The number of aromatic amines is 1. The Morgan fingerprint density at radius 1 is 1.05 bits per heavy atom. The standard InChI is InChI=1S/C14H9ClFN3O/c15-8-4-6-9(7-5-8)18-19-13-10-2-1-3-11(16)12(10)17-14(13)20/h1-7,17,20H. The zero-order chi connectivity index (χ0) is 14.1. The maximum Gasteiger partial charge on any atom is 0.218 e. The van der Waals surface area contributed by atoms with Crippen molar-refractivity contribution >= 4 is 33.9 Å². The molecule has 0 aliphatic heterocycles. The van der Waals surface area contributed by atoms with E-state index in [2.05, 4.69) is 15.2 Å². The van der Waals surface area contributed by atoms with E-state index in [1.807, 2.05) is 0 Å². The van der Waals surface area contributed by atoms with Crippen LogP contribution in [0.5, 0.6) is 5.88 Å². The highest BCUT2D eigenvalue weighted by Gasteiger charge is 2.12. The quantitative estimate of drug-likeness (QED) is 0.635. The number of nitrogens with zero attached hydrogens (tertiary/aromatic N) is 2. The number of halogens is 2. The first-order valence-corrected chi connectivity index (χ1v) is 6.19. The minimum atomic E-state index is -0.453. The van der Waals surface area contributed by atoms with Crippen LogP contribution < -0.4 is 0 Å². The fraction of sp³-hybridized carbons (Fsp3) is 0. The molecule has 0 spiro atoms. The van der Waals surface area contributed by atoms with Crippen LogP contribution in [-0.4, -0.2) is 10.1 Å². The summed E-state index contributed by atoms with van der Waals surface area (Å²) >= 11 is 5.77. The third-order valence-corrected chi connectivity index (χ3v) is 3.08. The molecule has 4 nitrogen and oxygen atoms in total. The van der Waals surface area contributed by atoms with Gasteiger partial charge in [0.1, 0.15) is 5.82 Å². The second-order valence-corrected chi connectivity index (χ2v) is 4.60. The zero-order valence-corrected chi connectivity index (χ0v) is 10.9. The summed E-state index contributed by atoms with van der Waals surface area (Å²) in [6.07, 6.45) is 0. The van der Waals surface area contributed by atoms with Crippen molar-refractivity contribution in [3.8, 4) is 5.88 Å². The van der Waals surface area contributed by atoms with Crippen LogP contribution in [0.15, 0.2) is 52.7 Å². The molecular formula is C14H9ClFN3O. The van der Waals surface area contributed by atoms with Crippen LogP contribution in [0.25, 0.3) is 10.9 Å². The molecule has 0 saturated heterocycles. The van der Waals surface area contributed by atoms with Crippen LogP contribution in [0.1, 0.15) is 0 Å². The second-order valence-electron chi connectivity index (χ2n) is 4.16. The number of fused-ring (bicyclic) bond motifs is 1.